The third-order valence-electron chi connectivity index (χ3n) is 3.87. The molecule has 0 spiro atoms. The summed E-state index contributed by atoms with van der Waals surface area (Å²) in [5.74, 6) is 0. The maximum atomic E-state index is 11.7. The molecule has 0 saturated carbocycles. The summed E-state index contributed by atoms with van der Waals surface area (Å²) in [6.07, 6.45) is 3.25. The number of aromatic amines is 1. The van der Waals surface area contributed by atoms with E-state index >= 15 is 0 Å². The van der Waals surface area contributed by atoms with Crippen LogP contribution in [0.3, 0.4) is 0 Å². The van der Waals surface area contributed by atoms with E-state index in [9.17, 15) is 4.79 Å². The average Bonchev–Trinajstić information content (AvgIpc) is 2.40. The lowest BCUT2D eigenvalue weighted by molar-refractivity contribution is -0.0553. The SMILES string of the molecule is CC1(C)CC(Nc2cc3nc[nH]c(=O)c3cc2N)CCO1. The first kappa shape index (κ1) is 13.9. The van der Waals surface area contributed by atoms with E-state index in [1.54, 1.807) is 6.07 Å². The zero-order valence-electron chi connectivity index (χ0n) is 12.3. The van der Waals surface area contributed by atoms with Gasteiger partial charge in [-0.3, -0.25) is 4.79 Å². The van der Waals surface area contributed by atoms with E-state index in [1.807, 2.05) is 6.07 Å². The van der Waals surface area contributed by atoms with Crippen LogP contribution in [0.25, 0.3) is 10.9 Å². The van der Waals surface area contributed by atoms with Crippen LogP contribution < -0.4 is 16.6 Å². The molecule has 1 aliphatic rings. The minimum atomic E-state index is -0.176. The minimum absolute atomic E-state index is 0.128. The van der Waals surface area contributed by atoms with E-state index in [0.29, 0.717) is 22.6 Å². The van der Waals surface area contributed by atoms with Gasteiger partial charge in [0, 0.05) is 12.6 Å². The molecule has 112 valence electrons. The molecule has 6 nitrogen and oxygen atoms in total. The van der Waals surface area contributed by atoms with Crippen LogP contribution in [0.1, 0.15) is 26.7 Å². The Balaban J connectivity index is 1.90. The van der Waals surface area contributed by atoms with Crippen molar-refractivity contribution in [2.45, 2.75) is 38.3 Å². The summed E-state index contributed by atoms with van der Waals surface area (Å²) in [4.78, 5) is 18.5. The van der Waals surface area contributed by atoms with Crippen LogP contribution in [0.2, 0.25) is 0 Å². The van der Waals surface area contributed by atoms with Crippen molar-refractivity contribution in [3.63, 3.8) is 0 Å². The Morgan fingerprint density at radius 3 is 3.05 bits per heavy atom. The van der Waals surface area contributed by atoms with E-state index in [4.69, 9.17) is 10.5 Å². The van der Waals surface area contributed by atoms with Crippen LogP contribution in [-0.4, -0.2) is 28.2 Å². The van der Waals surface area contributed by atoms with Crippen molar-refractivity contribution in [1.82, 2.24) is 9.97 Å². The highest BCUT2D eigenvalue weighted by Gasteiger charge is 2.29. The third-order valence-corrected chi connectivity index (χ3v) is 3.87. The molecule has 2 heterocycles. The van der Waals surface area contributed by atoms with Gasteiger partial charge in [-0.2, -0.15) is 0 Å². The number of rotatable bonds is 2. The normalized spacial score (nSPS) is 21.3. The van der Waals surface area contributed by atoms with Gasteiger partial charge in [0.2, 0.25) is 0 Å². The second kappa shape index (κ2) is 5.04. The molecule has 0 bridgehead atoms. The number of benzene rings is 1. The number of fused-ring (bicyclic) bond motifs is 1. The van der Waals surface area contributed by atoms with E-state index in [-0.39, 0.29) is 11.2 Å². The molecule has 2 aromatic rings. The number of aromatic nitrogens is 2. The standard InChI is InChI=1S/C15H20N4O2/c1-15(2)7-9(3-4-21-15)19-13-6-12-10(5-11(13)16)14(20)18-8-17-12/h5-6,8-9,19H,3-4,7,16H2,1-2H3,(H,17,18,20). The third kappa shape index (κ3) is 2.85. The number of H-pyrrole nitrogens is 1. The first-order valence-electron chi connectivity index (χ1n) is 7.12. The smallest absolute Gasteiger partial charge is 0.258 e. The van der Waals surface area contributed by atoms with Crippen LogP contribution in [0.15, 0.2) is 23.3 Å². The Bertz CT molecular complexity index is 723. The van der Waals surface area contributed by atoms with Crippen molar-refractivity contribution >= 4 is 22.3 Å². The largest absolute Gasteiger partial charge is 0.397 e. The van der Waals surface area contributed by atoms with E-state index in [2.05, 4.69) is 29.1 Å². The van der Waals surface area contributed by atoms with Crippen molar-refractivity contribution in [2.24, 2.45) is 0 Å². The van der Waals surface area contributed by atoms with E-state index in [1.165, 1.54) is 6.33 Å². The summed E-state index contributed by atoms with van der Waals surface area (Å²) < 4.78 is 5.72. The Kier molecular flexibility index (Phi) is 3.33. The van der Waals surface area contributed by atoms with Gasteiger partial charge in [-0.1, -0.05) is 0 Å². The molecule has 1 saturated heterocycles. The predicted octanol–water partition coefficient (Wildman–Crippen LogP) is 1.87. The number of hydrogen-bond donors (Lipinski definition) is 3. The molecule has 1 aromatic carbocycles. The van der Waals surface area contributed by atoms with Gasteiger partial charge in [0.05, 0.1) is 34.2 Å². The van der Waals surface area contributed by atoms with Crippen molar-refractivity contribution in [2.75, 3.05) is 17.7 Å². The number of ether oxygens (including phenoxy) is 1. The molecule has 1 aromatic heterocycles. The maximum absolute atomic E-state index is 11.7. The van der Waals surface area contributed by atoms with Crippen molar-refractivity contribution < 1.29 is 4.74 Å². The molecule has 1 atom stereocenters. The molecule has 0 amide bonds. The highest BCUT2D eigenvalue weighted by Crippen LogP contribution is 2.29. The summed E-state index contributed by atoms with van der Waals surface area (Å²) in [5.41, 5.74) is 7.79. The van der Waals surface area contributed by atoms with Gasteiger partial charge in [0.15, 0.2) is 0 Å². The molecular weight excluding hydrogens is 268 g/mol. The molecule has 3 rings (SSSR count). The molecule has 1 unspecified atom stereocenters. The van der Waals surface area contributed by atoms with Crippen molar-refractivity contribution in [1.29, 1.82) is 0 Å². The maximum Gasteiger partial charge on any atom is 0.258 e. The molecule has 1 fully saturated rings. The number of nitrogens with two attached hydrogens (primary N) is 1. The van der Waals surface area contributed by atoms with Crippen molar-refractivity contribution in [3.8, 4) is 0 Å². The first-order valence-corrected chi connectivity index (χ1v) is 7.12. The van der Waals surface area contributed by atoms with Crippen LogP contribution in [-0.2, 0) is 4.74 Å². The zero-order chi connectivity index (χ0) is 15.0. The summed E-state index contributed by atoms with van der Waals surface area (Å²) in [7, 11) is 0. The van der Waals surface area contributed by atoms with Gasteiger partial charge < -0.3 is 20.8 Å². The Labute approximate surface area is 122 Å². The summed E-state index contributed by atoms with van der Waals surface area (Å²) in [5, 5.41) is 3.97. The van der Waals surface area contributed by atoms with E-state index in [0.717, 1.165) is 25.1 Å². The van der Waals surface area contributed by atoms with Gasteiger partial charge in [-0.25, -0.2) is 4.98 Å². The second-order valence-corrected chi connectivity index (χ2v) is 6.13. The molecule has 0 radical (unpaired) electrons. The first-order chi connectivity index (χ1) is 9.94. The number of anilines is 2. The highest BCUT2D eigenvalue weighted by molar-refractivity contribution is 5.88. The lowest BCUT2D eigenvalue weighted by Crippen LogP contribution is -2.40. The van der Waals surface area contributed by atoms with Gasteiger partial charge in [0.25, 0.3) is 5.56 Å². The Hall–Kier alpha value is -2.08. The fourth-order valence-corrected chi connectivity index (χ4v) is 2.83. The Morgan fingerprint density at radius 2 is 2.29 bits per heavy atom. The number of nitrogens with one attached hydrogen (secondary N) is 2. The van der Waals surface area contributed by atoms with Gasteiger partial charge >= 0.3 is 0 Å². The molecule has 4 N–H and O–H groups in total. The fourth-order valence-electron chi connectivity index (χ4n) is 2.83. The van der Waals surface area contributed by atoms with Gasteiger partial charge in [-0.15, -0.1) is 0 Å². The quantitative estimate of drug-likeness (QED) is 0.734. The number of nitrogen functional groups attached to an aromatic ring is 1. The summed E-state index contributed by atoms with van der Waals surface area (Å²) >= 11 is 0. The minimum Gasteiger partial charge on any atom is -0.397 e. The molecular formula is C15H20N4O2. The lowest BCUT2D eigenvalue weighted by atomic mass is 9.93. The Morgan fingerprint density at radius 1 is 1.48 bits per heavy atom. The van der Waals surface area contributed by atoms with Crippen LogP contribution in [0.4, 0.5) is 11.4 Å². The van der Waals surface area contributed by atoms with Crippen LogP contribution in [0, 0.1) is 0 Å². The average molecular weight is 288 g/mol. The van der Waals surface area contributed by atoms with Crippen LogP contribution >= 0.6 is 0 Å². The number of hydrogen-bond acceptors (Lipinski definition) is 5. The zero-order valence-corrected chi connectivity index (χ0v) is 12.3. The molecule has 21 heavy (non-hydrogen) atoms. The molecule has 6 heteroatoms. The fraction of sp³-hybridized carbons (Fsp3) is 0.467. The number of nitrogens with zero attached hydrogens (tertiary/aromatic N) is 1. The van der Waals surface area contributed by atoms with Gasteiger partial charge in [-0.05, 0) is 38.8 Å². The molecule has 1 aliphatic heterocycles. The topological polar surface area (TPSA) is 93.0 Å². The van der Waals surface area contributed by atoms with E-state index < -0.39 is 0 Å². The summed E-state index contributed by atoms with van der Waals surface area (Å²) in [6.45, 7) is 4.91. The predicted molar refractivity (Wildman–Crippen MR) is 83.5 cm³/mol. The monoisotopic (exact) mass is 288 g/mol. The second-order valence-electron chi connectivity index (χ2n) is 6.13. The summed E-state index contributed by atoms with van der Waals surface area (Å²) in [6, 6.07) is 3.81. The lowest BCUT2D eigenvalue weighted by Gasteiger charge is -2.36. The van der Waals surface area contributed by atoms with Crippen LogP contribution in [0.5, 0.6) is 0 Å². The highest BCUT2D eigenvalue weighted by atomic mass is 16.5. The molecule has 0 aliphatic carbocycles. The van der Waals surface area contributed by atoms with Gasteiger partial charge in [0.1, 0.15) is 0 Å². The van der Waals surface area contributed by atoms with Crippen molar-refractivity contribution in [3.05, 3.63) is 28.8 Å².